The van der Waals surface area contributed by atoms with E-state index in [1.165, 1.54) is 24.3 Å². The Morgan fingerprint density at radius 1 is 1.27 bits per heavy atom. The molecule has 5 rings (SSSR count). The van der Waals surface area contributed by atoms with Gasteiger partial charge in [0.15, 0.2) is 28.6 Å². The Balaban J connectivity index is 1.65. The summed E-state index contributed by atoms with van der Waals surface area (Å²) < 4.78 is 40.1. The van der Waals surface area contributed by atoms with Crippen molar-refractivity contribution in [3.05, 3.63) is 47.5 Å². The summed E-state index contributed by atoms with van der Waals surface area (Å²) >= 11 is 6.09. The van der Waals surface area contributed by atoms with E-state index in [4.69, 9.17) is 37.0 Å². The van der Waals surface area contributed by atoms with Gasteiger partial charge in [-0.3, -0.25) is 14.7 Å². The number of anilines is 1. The molecule has 0 radical (unpaired) electrons. The number of carboxylic acids is 1. The standard InChI is InChI=1S/C26H23ClFN5O8/c1-6-25-18(38-22(37)41-25)26(28,24(5,20(34)35)13-8-7-9-14(27)10-13)39-19(25)33-12-31-15-16(29-11-30-17(15)33)32-21(36)40-23(2,3)4/h1,7-12,18-19H,2-5H3,(H,34,35)(H,29,30,32,36)/t18-,19+,24?,25+,26-/m0/s1. The van der Waals surface area contributed by atoms with E-state index < -0.39 is 53.0 Å². The summed E-state index contributed by atoms with van der Waals surface area (Å²) in [6, 6.07) is 5.49. The third-order valence-corrected chi connectivity index (χ3v) is 7.05. The Kier molecular flexibility index (Phi) is 6.35. The lowest BCUT2D eigenvalue weighted by Gasteiger charge is -2.38. The predicted octanol–water partition coefficient (Wildman–Crippen LogP) is 3.97. The number of nitrogens with one attached hydrogen (secondary N) is 1. The average molecular weight is 588 g/mol. The molecule has 13 nitrogen and oxygen atoms in total. The molecule has 0 aliphatic carbocycles. The highest BCUT2D eigenvalue weighted by Gasteiger charge is 2.80. The van der Waals surface area contributed by atoms with Crippen molar-refractivity contribution in [3.8, 4) is 12.3 Å². The number of aliphatic carboxylic acids is 1. The molecule has 2 saturated heterocycles. The van der Waals surface area contributed by atoms with Gasteiger partial charge >= 0.3 is 18.2 Å². The first kappa shape index (κ1) is 28.1. The molecule has 2 N–H and O–H groups in total. The number of carbonyl (C=O) groups excluding carboxylic acids is 2. The van der Waals surface area contributed by atoms with Crippen LogP contribution in [0.3, 0.4) is 0 Å². The molecule has 3 aromatic rings. The van der Waals surface area contributed by atoms with Gasteiger partial charge in [0.2, 0.25) is 6.10 Å². The number of alkyl halides is 1. The minimum atomic E-state index is -3.31. The maximum atomic E-state index is 17.4. The van der Waals surface area contributed by atoms with Crippen LogP contribution in [0.2, 0.25) is 5.02 Å². The zero-order valence-electron chi connectivity index (χ0n) is 22.0. The van der Waals surface area contributed by atoms with Crippen LogP contribution in [0.5, 0.6) is 0 Å². The third kappa shape index (κ3) is 4.20. The summed E-state index contributed by atoms with van der Waals surface area (Å²) in [7, 11) is 0. The molecule has 1 unspecified atom stereocenters. The molecule has 2 fully saturated rings. The monoisotopic (exact) mass is 587 g/mol. The van der Waals surface area contributed by atoms with Gasteiger partial charge in [-0.15, -0.1) is 6.42 Å². The van der Waals surface area contributed by atoms with E-state index in [0.29, 0.717) is 0 Å². The Hall–Kier alpha value is -4.48. The van der Waals surface area contributed by atoms with Crippen molar-refractivity contribution >= 4 is 46.8 Å². The molecule has 5 atom stereocenters. The molecule has 0 spiro atoms. The van der Waals surface area contributed by atoms with Crippen molar-refractivity contribution < 1.29 is 42.8 Å². The van der Waals surface area contributed by atoms with Crippen LogP contribution in [0.4, 0.5) is 19.8 Å². The first-order valence-electron chi connectivity index (χ1n) is 12.1. The van der Waals surface area contributed by atoms with Crippen molar-refractivity contribution in [2.75, 3.05) is 5.32 Å². The van der Waals surface area contributed by atoms with Gasteiger partial charge < -0.3 is 24.1 Å². The van der Waals surface area contributed by atoms with E-state index in [9.17, 15) is 19.5 Å². The largest absolute Gasteiger partial charge is 0.510 e. The molecule has 41 heavy (non-hydrogen) atoms. The summed E-state index contributed by atoms with van der Waals surface area (Å²) in [5.74, 6) is -2.80. The van der Waals surface area contributed by atoms with Crippen LogP contribution < -0.4 is 5.32 Å². The van der Waals surface area contributed by atoms with E-state index in [0.717, 1.165) is 24.1 Å². The number of benzene rings is 1. The fraction of sp³-hybridized carbons (Fsp3) is 0.385. The molecule has 15 heteroatoms. The SMILES string of the molecule is C#C[C@@]12OC(=O)O[C@@H]1[C@@](F)(C(C)(C(=O)O)c1cccc(Cl)c1)O[C@H]2n1cnc2c(NC(=O)OC(C)(C)C)ncnc21. The number of amides is 1. The molecular weight excluding hydrogens is 565 g/mol. The van der Waals surface area contributed by atoms with E-state index in [2.05, 4.69) is 26.2 Å². The van der Waals surface area contributed by atoms with E-state index in [1.54, 1.807) is 20.8 Å². The first-order valence-corrected chi connectivity index (χ1v) is 12.4. The first-order chi connectivity index (χ1) is 19.2. The number of terminal acetylenes is 1. The zero-order chi connectivity index (χ0) is 30.0. The van der Waals surface area contributed by atoms with Gasteiger partial charge in [-0.25, -0.2) is 28.9 Å². The number of fused-ring (bicyclic) bond motifs is 2. The molecule has 2 aliphatic heterocycles. The van der Waals surface area contributed by atoms with Crippen molar-refractivity contribution in [1.29, 1.82) is 0 Å². The van der Waals surface area contributed by atoms with Crippen molar-refractivity contribution in [2.45, 2.75) is 62.5 Å². The highest BCUT2D eigenvalue weighted by Crippen LogP contribution is 2.59. The smallest absolute Gasteiger partial charge is 0.480 e. The van der Waals surface area contributed by atoms with E-state index >= 15 is 4.39 Å². The fourth-order valence-electron chi connectivity index (χ4n) is 4.84. The van der Waals surface area contributed by atoms with Gasteiger partial charge in [0.1, 0.15) is 11.9 Å². The second-order valence-corrected chi connectivity index (χ2v) is 11.0. The molecule has 1 amide bonds. The van der Waals surface area contributed by atoms with E-state index in [1.807, 2.05) is 0 Å². The van der Waals surface area contributed by atoms with Crippen molar-refractivity contribution in [1.82, 2.24) is 19.5 Å². The van der Waals surface area contributed by atoms with Gasteiger partial charge in [-0.2, -0.15) is 0 Å². The maximum absolute atomic E-state index is 17.4. The highest BCUT2D eigenvalue weighted by molar-refractivity contribution is 6.30. The van der Waals surface area contributed by atoms with Crippen LogP contribution in [0, 0.1) is 12.3 Å². The number of hydrogen-bond acceptors (Lipinski definition) is 10. The van der Waals surface area contributed by atoms with Gasteiger partial charge in [-0.05, 0) is 51.3 Å². The predicted molar refractivity (Wildman–Crippen MR) is 138 cm³/mol. The zero-order valence-corrected chi connectivity index (χ0v) is 22.8. The lowest BCUT2D eigenvalue weighted by atomic mass is 9.71. The molecule has 2 aliphatic rings. The quantitative estimate of drug-likeness (QED) is 0.328. The van der Waals surface area contributed by atoms with Crippen LogP contribution in [-0.4, -0.2) is 66.0 Å². The van der Waals surface area contributed by atoms with Gasteiger partial charge in [-0.1, -0.05) is 23.7 Å². The lowest BCUT2D eigenvalue weighted by molar-refractivity contribution is -0.233. The number of aromatic nitrogens is 4. The maximum Gasteiger partial charge on any atom is 0.510 e. The average Bonchev–Trinajstić information content (AvgIpc) is 3.53. The van der Waals surface area contributed by atoms with Gasteiger partial charge in [0.25, 0.3) is 11.5 Å². The summed E-state index contributed by atoms with van der Waals surface area (Å²) in [4.78, 5) is 49.9. The highest BCUT2D eigenvalue weighted by atomic mass is 35.5. The Morgan fingerprint density at radius 2 is 2.00 bits per heavy atom. The van der Waals surface area contributed by atoms with Gasteiger partial charge in [0, 0.05) is 5.02 Å². The summed E-state index contributed by atoms with van der Waals surface area (Å²) in [6.45, 7) is 6.07. The van der Waals surface area contributed by atoms with Crippen molar-refractivity contribution in [3.63, 3.8) is 0 Å². The Labute approximate surface area is 236 Å². The Morgan fingerprint density at radius 3 is 2.63 bits per heavy atom. The number of halogens is 2. The molecule has 2 aromatic heterocycles. The number of rotatable bonds is 5. The van der Waals surface area contributed by atoms with Crippen LogP contribution in [0.15, 0.2) is 36.9 Å². The summed E-state index contributed by atoms with van der Waals surface area (Å²) in [5.41, 5.74) is -5.76. The van der Waals surface area contributed by atoms with Crippen LogP contribution in [0.1, 0.15) is 39.5 Å². The topological polar surface area (TPSA) is 164 Å². The van der Waals surface area contributed by atoms with Gasteiger partial charge in [0.05, 0.1) is 6.33 Å². The molecule has 4 heterocycles. The minimum absolute atomic E-state index is 0.0168. The number of ether oxygens (including phenoxy) is 4. The van der Waals surface area contributed by atoms with Crippen molar-refractivity contribution in [2.24, 2.45) is 0 Å². The third-order valence-electron chi connectivity index (χ3n) is 6.81. The fourth-order valence-corrected chi connectivity index (χ4v) is 5.03. The number of carboxylic acid groups (broad SMARTS) is 1. The number of carbonyl (C=O) groups is 3. The molecular formula is C26H23ClFN5O8. The van der Waals surface area contributed by atoms with Crippen LogP contribution >= 0.6 is 11.6 Å². The second kappa shape index (κ2) is 9.28. The molecule has 0 bridgehead atoms. The number of nitrogens with zero attached hydrogens (tertiary/aromatic N) is 4. The minimum Gasteiger partial charge on any atom is -0.480 e. The van der Waals surface area contributed by atoms with Crippen LogP contribution in [-0.2, 0) is 29.2 Å². The Bertz CT molecular complexity index is 1640. The normalized spacial score (nSPS) is 26.8. The lowest BCUT2D eigenvalue weighted by Crippen LogP contribution is -2.60. The number of imidazole rings is 1. The van der Waals surface area contributed by atoms with E-state index in [-0.39, 0.29) is 27.6 Å². The van der Waals surface area contributed by atoms with Crippen LogP contribution in [0.25, 0.3) is 11.2 Å². The second-order valence-electron chi connectivity index (χ2n) is 10.5. The summed E-state index contributed by atoms with van der Waals surface area (Å²) in [5, 5.41) is 12.9. The summed E-state index contributed by atoms with van der Waals surface area (Å²) in [6.07, 6.45) is 2.06. The molecule has 0 saturated carbocycles. The molecule has 1 aromatic carbocycles. The molecule has 214 valence electrons. The number of hydrogen-bond donors (Lipinski definition) is 2.